The fourth-order valence-corrected chi connectivity index (χ4v) is 2.80. The van der Waals surface area contributed by atoms with Gasteiger partial charge in [-0.25, -0.2) is 4.98 Å². The fraction of sp³-hybridized carbons (Fsp3) is 0.217. The lowest BCUT2D eigenvalue weighted by molar-refractivity contribution is 0.102. The van der Waals surface area contributed by atoms with E-state index in [4.69, 9.17) is 10.5 Å². The number of rotatable bonds is 8. The average Bonchev–Trinajstić information content (AvgIpc) is 2.76. The number of carbonyl (C=O) groups is 1. The van der Waals surface area contributed by atoms with Crippen molar-refractivity contribution in [3.63, 3.8) is 0 Å². The van der Waals surface area contributed by atoms with Crippen molar-refractivity contribution >= 4 is 17.4 Å². The number of nitrogens with two attached hydrogens (primary N) is 1. The zero-order valence-electron chi connectivity index (χ0n) is 16.7. The first-order valence-electron chi connectivity index (χ1n) is 9.52. The van der Waals surface area contributed by atoms with E-state index in [1.807, 2.05) is 55.5 Å². The maximum atomic E-state index is 12.6. The summed E-state index contributed by atoms with van der Waals surface area (Å²) < 4.78 is 5.21. The Balaban J connectivity index is 1.65. The van der Waals surface area contributed by atoms with Crippen molar-refractivity contribution in [3.05, 3.63) is 77.9 Å². The molecule has 4 N–H and O–H groups in total. The van der Waals surface area contributed by atoms with E-state index < -0.39 is 0 Å². The van der Waals surface area contributed by atoms with Crippen LogP contribution in [0.2, 0.25) is 0 Å². The van der Waals surface area contributed by atoms with Crippen LogP contribution in [-0.2, 0) is 11.3 Å². The van der Waals surface area contributed by atoms with E-state index in [2.05, 4.69) is 15.6 Å². The predicted molar refractivity (Wildman–Crippen MR) is 117 cm³/mol. The van der Waals surface area contributed by atoms with Gasteiger partial charge in [-0.1, -0.05) is 42.5 Å². The molecule has 29 heavy (non-hydrogen) atoms. The minimum Gasteiger partial charge on any atom is -0.396 e. The van der Waals surface area contributed by atoms with Crippen LogP contribution in [0, 0.1) is 0 Å². The molecule has 150 valence electrons. The number of benzene rings is 2. The molecule has 3 aromatic rings. The Labute approximate surface area is 171 Å². The summed E-state index contributed by atoms with van der Waals surface area (Å²) in [5.41, 5.74) is 9.79. The summed E-state index contributed by atoms with van der Waals surface area (Å²) >= 11 is 0. The number of pyridine rings is 1. The van der Waals surface area contributed by atoms with Crippen LogP contribution in [0.15, 0.2) is 66.7 Å². The first-order valence-corrected chi connectivity index (χ1v) is 9.52. The molecule has 1 unspecified atom stereocenters. The van der Waals surface area contributed by atoms with E-state index in [9.17, 15) is 4.79 Å². The van der Waals surface area contributed by atoms with Crippen molar-refractivity contribution in [3.8, 4) is 11.3 Å². The lowest BCUT2D eigenvalue weighted by atomic mass is 10.1. The summed E-state index contributed by atoms with van der Waals surface area (Å²) in [6.45, 7) is 3.48. The molecule has 1 atom stereocenters. The van der Waals surface area contributed by atoms with Gasteiger partial charge in [0.25, 0.3) is 5.91 Å². The molecule has 6 heteroatoms. The highest BCUT2D eigenvalue weighted by Gasteiger charge is 2.11. The van der Waals surface area contributed by atoms with Crippen LogP contribution < -0.4 is 16.4 Å². The molecule has 0 spiro atoms. The number of aromatic nitrogens is 1. The van der Waals surface area contributed by atoms with Crippen LogP contribution in [0.25, 0.3) is 11.3 Å². The second kappa shape index (κ2) is 9.82. The molecule has 3 rings (SSSR count). The summed E-state index contributed by atoms with van der Waals surface area (Å²) in [6.07, 6.45) is 0.157. The van der Waals surface area contributed by atoms with Crippen LogP contribution in [0.1, 0.15) is 22.8 Å². The summed E-state index contributed by atoms with van der Waals surface area (Å²) in [5, 5.41) is 6.13. The van der Waals surface area contributed by atoms with Crippen molar-refractivity contribution < 1.29 is 9.53 Å². The lowest BCUT2D eigenvalue weighted by Crippen LogP contribution is -2.25. The van der Waals surface area contributed by atoms with Crippen LogP contribution in [0.3, 0.4) is 0 Å². The third-order valence-corrected chi connectivity index (χ3v) is 4.61. The van der Waals surface area contributed by atoms with Crippen molar-refractivity contribution in [2.75, 3.05) is 24.7 Å². The Hall–Kier alpha value is -3.22. The van der Waals surface area contributed by atoms with E-state index in [-0.39, 0.29) is 12.0 Å². The van der Waals surface area contributed by atoms with Gasteiger partial charge in [0.1, 0.15) is 0 Å². The maximum Gasteiger partial charge on any atom is 0.256 e. The Morgan fingerprint density at radius 1 is 1.07 bits per heavy atom. The molecule has 1 amide bonds. The standard InChI is InChI=1S/C23H26N4O2/c1-16(29-2)14-25-15-17-8-10-19(11-9-17)23(28)27-22-20(24)12-13-21(26-22)18-6-4-3-5-7-18/h3-13,16,25H,14-15,24H2,1-2H3,(H,26,27,28). The average molecular weight is 390 g/mol. The van der Waals surface area contributed by atoms with Gasteiger partial charge < -0.3 is 21.1 Å². The Kier molecular flexibility index (Phi) is 6.94. The normalized spacial score (nSPS) is 11.8. The Morgan fingerprint density at radius 2 is 1.79 bits per heavy atom. The van der Waals surface area contributed by atoms with Crippen LogP contribution in [0.5, 0.6) is 0 Å². The SMILES string of the molecule is COC(C)CNCc1ccc(C(=O)Nc2nc(-c3ccccc3)ccc2N)cc1. The molecule has 0 aliphatic rings. The number of nitrogen functional groups attached to an aromatic ring is 1. The molecule has 0 saturated heterocycles. The van der Waals surface area contributed by atoms with Gasteiger partial charge in [-0.3, -0.25) is 4.79 Å². The summed E-state index contributed by atoms with van der Waals surface area (Å²) in [6, 6.07) is 20.8. The molecule has 0 saturated carbocycles. The number of anilines is 2. The van der Waals surface area contributed by atoms with E-state index >= 15 is 0 Å². The lowest BCUT2D eigenvalue weighted by Gasteiger charge is -2.11. The smallest absolute Gasteiger partial charge is 0.256 e. The van der Waals surface area contributed by atoms with E-state index in [0.29, 0.717) is 23.6 Å². The molecule has 2 aromatic carbocycles. The number of nitrogens with one attached hydrogen (secondary N) is 2. The monoisotopic (exact) mass is 390 g/mol. The predicted octanol–water partition coefficient (Wildman–Crippen LogP) is 3.71. The Morgan fingerprint density at radius 3 is 2.48 bits per heavy atom. The molecule has 0 bridgehead atoms. The molecule has 0 aliphatic carbocycles. The molecular formula is C23H26N4O2. The minimum absolute atomic E-state index is 0.157. The van der Waals surface area contributed by atoms with Crippen LogP contribution >= 0.6 is 0 Å². The van der Waals surface area contributed by atoms with Crippen LogP contribution in [-0.4, -0.2) is 30.6 Å². The van der Waals surface area contributed by atoms with Gasteiger partial charge in [0.2, 0.25) is 0 Å². The van der Waals surface area contributed by atoms with Gasteiger partial charge >= 0.3 is 0 Å². The molecule has 0 fully saturated rings. The zero-order valence-corrected chi connectivity index (χ0v) is 16.7. The van der Waals surface area contributed by atoms with E-state index in [0.717, 1.165) is 23.4 Å². The van der Waals surface area contributed by atoms with Gasteiger partial charge in [-0.2, -0.15) is 0 Å². The number of nitrogens with zero attached hydrogens (tertiary/aromatic N) is 1. The van der Waals surface area contributed by atoms with Crippen molar-refractivity contribution in [2.24, 2.45) is 0 Å². The number of amides is 1. The number of hydrogen-bond acceptors (Lipinski definition) is 5. The molecule has 0 aliphatic heterocycles. The highest BCUT2D eigenvalue weighted by molar-refractivity contribution is 6.05. The van der Waals surface area contributed by atoms with Crippen molar-refractivity contribution in [2.45, 2.75) is 19.6 Å². The first-order chi connectivity index (χ1) is 14.1. The van der Waals surface area contributed by atoms with Gasteiger partial charge in [-0.15, -0.1) is 0 Å². The number of carbonyl (C=O) groups excluding carboxylic acids is 1. The topological polar surface area (TPSA) is 89.3 Å². The third-order valence-electron chi connectivity index (χ3n) is 4.61. The van der Waals surface area contributed by atoms with E-state index in [1.165, 1.54) is 0 Å². The largest absolute Gasteiger partial charge is 0.396 e. The van der Waals surface area contributed by atoms with Gasteiger partial charge in [0, 0.05) is 31.3 Å². The quantitative estimate of drug-likeness (QED) is 0.546. The fourth-order valence-electron chi connectivity index (χ4n) is 2.80. The third kappa shape index (κ3) is 5.63. The van der Waals surface area contributed by atoms with Crippen molar-refractivity contribution in [1.82, 2.24) is 10.3 Å². The highest BCUT2D eigenvalue weighted by Crippen LogP contribution is 2.23. The summed E-state index contributed by atoms with van der Waals surface area (Å²) in [5.74, 6) is 0.109. The molecule has 6 nitrogen and oxygen atoms in total. The Bertz CT molecular complexity index is 943. The summed E-state index contributed by atoms with van der Waals surface area (Å²) in [4.78, 5) is 17.1. The number of hydrogen-bond donors (Lipinski definition) is 3. The van der Waals surface area contributed by atoms with Gasteiger partial charge in [0.05, 0.1) is 17.5 Å². The van der Waals surface area contributed by atoms with Gasteiger partial charge in [-0.05, 0) is 36.8 Å². The van der Waals surface area contributed by atoms with Crippen LogP contribution in [0.4, 0.5) is 11.5 Å². The molecule has 1 heterocycles. The summed E-state index contributed by atoms with van der Waals surface area (Å²) in [7, 11) is 1.69. The second-order valence-corrected chi connectivity index (χ2v) is 6.83. The highest BCUT2D eigenvalue weighted by atomic mass is 16.5. The van der Waals surface area contributed by atoms with Crippen molar-refractivity contribution in [1.29, 1.82) is 0 Å². The number of ether oxygens (including phenoxy) is 1. The minimum atomic E-state index is -0.248. The zero-order chi connectivity index (χ0) is 20.6. The number of methoxy groups -OCH3 is 1. The van der Waals surface area contributed by atoms with Gasteiger partial charge in [0.15, 0.2) is 5.82 Å². The molecular weight excluding hydrogens is 364 g/mol. The second-order valence-electron chi connectivity index (χ2n) is 6.83. The maximum absolute atomic E-state index is 12.6. The van der Waals surface area contributed by atoms with E-state index in [1.54, 1.807) is 25.3 Å². The first kappa shape index (κ1) is 20.5. The molecule has 0 radical (unpaired) electrons. The molecule has 1 aromatic heterocycles.